The fourth-order valence-electron chi connectivity index (χ4n) is 2.75. The van der Waals surface area contributed by atoms with Gasteiger partial charge in [-0.1, -0.05) is 12.8 Å². The van der Waals surface area contributed by atoms with Crippen LogP contribution in [0.5, 0.6) is 0 Å². The Morgan fingerprint density at radius 3 is 2.65 bits per heavy atom. The minimum atomic E-state index is -0.861. The quantitative estimate of drug-likeness (QED) is 0.825. The molecule has 1 aliphatic rings. The van der Waals surface area contributed by atoms with E-state index in [0.29, 0.717) is 18.2 Å². The average Bonchev–Trinajstić information content (AvgIpc) is 2.87. The molecular weight excluding hydrogens is 224 g/mol. The minimum absolute atomic E-state index is 0.0175. The molecule has 0 spiro atoms. The van der Waals surface area contributed by atoms with E-state index in [-0.39, 0.29) is 11.1 Å². The highest BCUT2D eigenvalue weighted by molar-refractivity contribution is 5.79. The Morgan fingerprint density at radius 2 is 1.94 bits per heavy atom. The number of rotatable bonds is 1. The second kappa shape index (κ2) is 3.53. The lowest BCUT2D eigenvalue weighted by atomic mass is 9.87. The van der Waals surface area contributed by atoms with Crippen molar-refractivity contribution in [2.45, 2.75) is 31.2 Å². The van der Waals surface area contributed by atoms with E-state index in [0.717, 1.165) is 12.8 Å². The standard InChI is InChI=1S/C13H13F2NO/c14-9-7-10-8(3-6-17-10)12(15)11(9)13(16)4-1-2-5-13/h3,6-7H,1-2,4-5,16H2. The first kappa shape index (κ1) is 10.7. The average molecular weight is 237 g/mol. The van der Waals surface area contributed by atoms with Crippen molar-refractivity contribution < 1.29 is 13.2 Å². The van der Waals surface area contributed by atoms with Gasteiger partial charge in [0.1, 0.15) is 17.2 Å². The zero-order valence-electron chi connectivity index (χ0n) is 9.30. The predicted octanol–water partition coefficient (Wildman–Crippen LogP) is 3.44. The lowest BCUT2D eigenvalue weighted by molar-refractivity contribution is 0.407. The van der Waals surface area contributed by atoms with Gasteiger partial charge in [-0.05, 0) is 18.9 Å². The summed E-state index contributed by atoms with van der Waals surface area (Å²) < 4.78 is 33.3. The summed E-state index contributed by atoms with van der Waals surface area (Å²) in [6.45, 7) is 0. The molecule has 2 nitrogen and oxygen atoms in total. The van der Waals surface area contributed by atoms with E-state index in [1.165, 1.54) is 18.4 Å². The Bertz CT molecular complexity index is 570. The second-order valence-electron chi connectivity index (χ2n) is 4.74. The van der Waals surface area contributed by atoms with Crippen LogP contribution in [0.3, 0.4) is 0 Å². The summed E-state index contributed by atoms with van der Waals surface area (Å²) in [5, 5.41) is 0.304. The van der Waals surface area contributed by atoms with Crippen molar-refractivity contribution in [1.29, 1.82) is 0 Å². The number of hydrogen-bond acceptors (Lipinski definition) is 2. The van der Waals surface area contributed by atoms with E-state index in [2.05, 4.69) is 0 Å². The lowest BCUT2D eigenvalue weighted by Gasteiger charge is -2.25. The molecule has 0 bridgehead atoms. The molecule has 1 aliphatic carbocycles. The zero-order chi connectivity index (χ0) is 12.0. The maximum atomic E-state index is 14.3. The van der Waals surface area contributed by atoms with E-state index < -0.39 is 17.2 Å². The number of halogens is 2. The predicted molar refractivity (Wildman–Crippen MR) is 60.5 cm³/mol. The monoisotopic (exact) mass is 237 g/mol. The van der Waals surface area contributed by atoms with Crippen molar-refractivity contribution in [3.05, 3.63) is 35.6 Å². The van der Waals surface area contributed by atoms with Gasteiger partial charge < -0.3 is 10.2 Å². The van der Waals surface area contributed by atoms with Gasteiger partial charge in [-0.2, -0.15) is 0 Å². The van der Waals surface area contributed by atoms with Gasteiger partial charge >= 0.3 is 0 Å². The van der Waals surface area contributed by atoms with Crippen molar-refractivity contribution in [3.8, 4) is 0 Å². The van der Waals surface area contributed by atoms with Crippen LogP contribution >= 0.6 is 0 Å². The number of fused-ring (bicyclic) bond motifs is 1. The van der Waals surface area contributed by atoms with Crippen molar-refractivity contribution in [2.75, 3.05) is 0 Å². The summed E-state index contributed by atoms with van der Waals surface area (Å²) in [7, 11) is 0. The summed E-state index contributed by atoms with van der Waals surface area (Å²) in [5.74, 6) is -1.17. The van der Waals surface area contributed by atoms with E-state index >= 15 is 0 Å². The molecule has 1 heterocycles. The maximum Gasteiger partial charge on any atom is 0.142 e. The van der Waals surface area contributed by atoms with Crippen LogP contribution in [0.15, 0.2) is 22.8 Å². The molecule has 3 rings (SSSR count). The van der Waals surface area contributed by atoms with Gasteiger partial charge in [0, 0.05) is 17.2 Å². The summed E-state index contributed by atoms with van der Waals surface area (Å²) in [4.78, 5) is 0. The molecule has 0 atom stereocenters. The van der Waals surface area contributed by atoms with Crippen molar-refractivity contribution in [2.24, 2.45) is 5.73 Å². The van der Waals surface area contributed by atoms with Crippen molar-refractivity contribution in [3.63, 3.8) is 0 Å². The molecule has 1 fully saturated rings. The van der Waals surface area contributed by atoms with Crippen LogP contribution in [0.1, 0.15) is 31.2 Å². The van der Waals surface area contributed by atoms with Crippen LogP contribution in [0.2, 0.25) is 0 Å². The van der Waals surface area contributed by atoms with Crippen LogP contribution in [0.4, 0.5) is 8.78 Å². The molecule has 2 N–H and O–H groups in total. The maximum absolute atomic E-state index is 14.3. The third-order valence-corrected chi connectivity index (χ3v) is 3.64. The highest BCUT2D eigenvalue weighted by Gasteiger charge is 2.37. The molecule has 0 radical (unpaired) electrons. The van der Waals surface area contributed by atoms with Gasteiger partial charge in [0.25, 0.3) is 0 Å². The van der Waals surface area contributed by atoms with Crippen LogP contribution < -0.4 is 5.73 Å². The Hall–Kier alpha value is -1.42. The Labute approximate surface area is 97.4 Å². The highest BCUT2D eigenvalue weighted by atomic mass is 19.1. The molecule has 0 unspecified atom stereocenters. The Balaban J connectivity index is 2.27. The lowest BCUT2D eigenvalue weighted by Crippen LogP contribution is -2.35. The van der Waals surface area contributed by atoms with E-state index in [4.69, 9.17) is 10.2 Å². The summed E-state index contributed by atoms with van der Waals surface area (Å²) in [6.07, 6.45) is 4.45. The Kier molecular flexibility index (Phi) is 2.23. The summed E-state index contributed by atoms with van der Waals surface area (Å²) >= 11 is 0. The van der Waals surface area contributed by atoms with Crippen LogP contribution in [-0.4, -0.2) is 0 Å². The second-order valence-corrected chi connectivity index (χ2v) is 4.74. The minimum Gasteiger partial charge on any atom is -0.464 e. The van der Waals surface area contributed by atoms with Gasteiger partial charge in [0.2, 0.25) is 0 Å². The van der Waals surface area contributed by atoms with Gasteiger partial charge in [0.05, 0.1) is 11.6 Å². The first-order valence-electron chi connectivity index (χ1n) is 5.76. The summed E-state index contributed by atoms with van der Waals surface area (Å²) in [5.41, 5.74) is 5.51. The number of nitrogens with two attached hydrogens (primary N) is 1. The molecule has 90 valence electrons. The van der Waals surface area contributed by atoms with E-state index in [9.17, 15) is 8.78 Å². The first-order valence-corrected chi connectivity index (χ1v) is 5.76. The zero-order valence-corrected chi connectivity index (χ0v) is 9.30. The molecule has 1 aromatic heterocycles. The normalized spacial score (nSPS) is 19.0. The third kappa shape index (κ3) is 1.47. The topological polar surface area (TPSA) is 39.2 Å². The molecule has 17 heavy (non-hydrogen) atoms. The van der Waals surface area contributed by atoms with Gasteiger partial charge in [-0.25, -0.2) is 8.78 Å². The number of benzene rings is 1. The van der Waals surface area contributed by atoms with Gasteiger partial charge in [-0.3, -0.25) is 0 Å². The van der Waals surface area contributed by atoms with E-state index in [1.54, 1.807) is 0 Å². The van der Waals surface area contributed by atoms with Gasteiger partial charge in [0.15, 0.2) is 0 Å². The first-order chi connectivity index (χ1) is 8.12. The molecule has 0 amide bonds. The molecule has 2 aromatic rings. The molecule has 0 aliphatic heterocycles. The van der Waals surface area contributed by atoms with Gasteiger partial charge in [-0.15, -0.1) is 0 Å². The molecule has 0 saturated heterocycles. The SMILES string of the molecule is NC1(c2c(F)cc3occc3c2F)CCCC1. The highest BCUT2D eigenvalue weighted by Crippen LogP contribution is 2.40. The number of furan rings is 1. The smallest absolute Gasteiger partial charge is 0.142 e. The molecule has 4 heteroatoms. The third-order valence-electron chi connectivity index (χ3n) is 3.64. The van der Waals surface area contributed by atoms with Crippen LogP contribution in [-0.2, 0) is 5.54 Å². The van der Waals surface area contributed by atoms with Crippen molar-refractivity contribution >= 4 is 11.0 Å². The molecule has 1 saturated carbocycles. The molecular formula is C13H13F2NO. The van der Waals surface area contributed by atoms with Crippen LogP contribution in [0, 0.1) is 11.6 Å². The number of hydrogen-bond donors (Lipinski definition) is 1. The molecule has 1 aromatic carbocycles. The fourth-order valence-corrected chi connectivity index (χ4v) is 2.75. The van der Waals surface area contributed by atoms with Crippen LogP contribution in [0.25, 0.3) is 11.0 Å². The largest absolute Gasteiger partial charge is 0.464 e. The van der Waals surface area contributed by atoms with E-state index in [1.807, 2.05) is 0 Å². The fraction of sp³-hybridized carbons (Fsp3) is 0.385. The Morgan fingerprint density at radius 1 is 1.24 bits per heavy atom. The van der Waals surface area contributed by atoms with Crippen molar-refractivity contribution in [1.82, 2.24) is 0 Å². The summed E-state index contributed by atoms with van der Waals surface area (Å²) in [6, 6.07) is 2.73.